The Kier molecular flexibility index (Phi) is 5.53. The maximum Gasteiger partial charge on any atom is 0.0642 e. The van der Waals surface area contributed by atoms with Gasteiger partial charge in [0.2, 0.25) is 0 Å². The third-order valence-electron chi connectivity index (χ3n) is 3.88. The summed E-state index contributed by atoms with van der Waals surface area (Å²) in [5.74, 6) is 0.606. The van der Waals surface area contributed by atoms with Gasteiger partial charge in [-0.05, 0) is 38.8 Å². The number of hydrogen-bond donors (Lipinski definition) is 1. The Labute approximate surface area is 133 Å². The summed E-state index contributed by atoms with van der Waals surface area (Å²) in [6.45, 7) is 10.3. The van der Waals surface area contributed by atoms with E-state index in [2.05, 4.69) is 37.1 Å². The molecule has 3 nitrogen and oxygen atoms in total. The molecule has 1 atom stereocenters. The maximum atomic E-state index is 6.48. The van der Waals surface area contributed by atoms with Crippen LogP contribution in [0, 0.1) is 5.92 Å². The summed E-state index contributed by atoms with van der Waals surface area (Å²) in [6.07, 6.45) is 1.17. The van der Waals surface area contributed by atoms with Gasteiger partial charge < -0.3 is 15.0 Å². The van der Waals surface area contributed by atoms with Crippen molar-refractivity contribution in [1.29, 1.82) is 0 Å². The van der Waals surface area contributed by atoms with E-state index in [4.69, 9.17) is 16.3 Å². The number of anilines is 1. The van der Waals surface area contributed by atoms with Crippen LogP contribution in [-0.2, 0) is 11.3 Å². The molecule has 1 saturated heterocycles. The van der Waals surface area contributed by atoms with Gasteiger partial charge in [0.1, 0.15) is 0 Å². The second-order valence-electron chi connectivity index (χ2n) is 6.91. The van der Waals surface area contributed by atoms with E-state index in [0.717, 1.165) is 31.3 Å². The number of rotatable bonds is 5. The number of para-hydroxylation sites is 1. The minimum atomic E-state index is 0.100. The summed E-state index contributed by atoms with van der Waals surface area (Å²) >= 11 is 6.48. The fraction of sp³-hybridized carbons (Fsp3) is 0.647. The van der Waals surface area contributed by atoms with Crippen molar-refractivity contribution < 1.29 is 4.74 Å². The molecule has 1 N–H and O–H groups in total. The Balaban J connectivity index is 2.15. The van der Waals surface area contributed by atoms with E-state index in [0.29, 0.717) is 5.92 Å². The molecule has 1 heterocycles. The zero-order valence-corrected chi connectivity index (χ0v) is 14.3. The summed E-state index contributed by atoms with van der Waals surface area (Å²) in [6, 6.07) is 6.19. The molecule has 0 bridgehead atoms. The first-order valence-corrected chi connectivity index (χ1v) is 8.05. The minimum absolute atomic E-state index is 0.100. The largest absolute Gasteiger partial charge is 0.384 e. The molecule has 4 heteroatoms. The third-order valence-corrected chi connectivity index (χ3v) is 4.19. The lowest BCUT2D eigenvalue weighted by molar-refractivity contribution is 0.161. The number of methoxy groups -OCH3 is 1. The number of ether oxygens (including phenoxy) is 1. The zero-order chi connectivity index (χ0) is 15.5. The van der Waals surface area contributed by atoms with Crippen molar-refractivity contribution in [3.8, 4) is 0 Å². The monoisotopic (exact) mass is 310 g/mol. The summed E-state index contributed by atoms with van der Waals surface area (Å²) < 4.78 is 5.29. The van der Waals surface area contributed by atoms with Crippen LogP contribution in [0.4, 0.5) is 5.69 Å². The molecular formula is C17H27ClN2O. The molecule has 1 aromatic rings. The van der Waals surface area contributed by atoms with Gasteiger partial charge >= 0.3 is 0 Å². The quantitative estimate of drug-likeness (QED) is 0.897. The highest BCUT2D eigenvalue weighted by atomic mass is 35.5. The Morgan fingerprint density at radius 1 is 1.38 bits per heavy atom. The summed E-state index contributed by atoms with van der Waals surface area (Å²) in [7, 11) is 1.77. The molecule has 118 valence electrons. The van der Waals surface area contributed by atoms with E-state index in [1.165, 1.54) is 17.7 Å². The highest BCUT2D eigenvalue weighted by molar-refractivity contribution is 6.33. The topological polar surface area (TPSA) is 24.5 Å². The minimum Gasteiger partial charge on any atom is -0.384 e. The second-order valence-corrected chi connectivity index (χ2v) is 7.31. The predicted octanol–water partition coefficient (Wildman–Crippen LogP) is 3.70. The zero-order valence-electron chi connectivity index (χ0n) is 13.6. The molecule has 0 saturated carbocycles. The summed E-state index contributed by atoms with van der Waals surface area (Å²) in [5.41, 5.74) is 2.56. The lowest BCUT2D eigenvalue weighted by Crippen LogP contribution is -2.35. The van der Waals surface area contributed by atoms with Crippen molar-refractivity contribution in [3.05, 3.63) is 28.8 Å². The Hall–Kier alpha value is -0.770. The van der Waals surface area contributed by atoms with Crippen molar-refractivity contribution in [2.45, 2.75) is 39.3 Å². The van der Waals surface area contributed by atoms with E-state index in [-0.39, 0.29) is 5.54 Å². The number of benzene rings is 1. The summed E-state index contributed by atoms with van der Waals surface area (Å²) in [5, 5.41) is 4.40. The van der Waals surface area contributed by atoms with E-state index < -0.39 is 0 Å². The second kappa shape index (κ2) is 6.99. The molecule has 1 unspecified atom stereocenters. The smallest absolute Gasteiger partial charge is 0.0642 e. The van der Waals surface area contributed by atoms with Gasteiger partial charge in [0.25, 0.3) is 0 Å². The average Bonchev–Trinajstić information content (AvgIpc) is 2.84. The van der Waals surface area contributed by atoms with Crippen molar-refractivity contribution in [2.24, 2.45) is 5.92 Å². The van der Waals surface area contributed by atoms with E-state index in [9.17, 15) is 0 Å². The van der Waals surface area contributed by atoms with Crippen molar-refractivity contribution >= 4 is 17.3 Å². The van der Waals surface area contributed by atoms with Crippen LogP contribution < -0.4 is 10.2 Å². The number of halogens is 1. The van der Waals surface area contributed by atoms with Crippen LogP contribution in [0.25, 0.3) is 0 Å². The number of nitrogens with zero attached hydrogens (tertiary/aromatic N) is 1. The lowest BCUT2D eigenvalue weighted by atomic mass is 10.1. The van der Waals surface area contributed by atoms with Gasteiger partial charge in [0, 0.05) is 38.2 Å². The van der Waals surface area contributed by atoms with E-state index in [1.54, 1.807) is 7.11 Å². The fourth-order valence-corrected chi connectivity index (χ4v) is 3.14. The first kappa shape index (κ1) is 16.6. The standard InChI is InChI=1S/C17H27ClN2O/c1-17(2,3)19-10-14-6-5-7-15(18)16(14)20-9-8-13(11-20)12-21-4/h5-7,13,19H,8-12H2,1-4H3. The molecule has 2 rings (SSSR count). The van der Waals surface area contributed by atoms with Crippen LogP contribution >= 0.6 is 11.6 Å². The van der Waals surface area contributed by atoms with Gasteiger partial charge in [-0.3, -0.25) is 0 Å². The van der Waals surface area contributed by atoms with Crippen LogP contribution in [0.2, 0.25) is 5.02 Å². The molecule has 0 aliphatic carbocycles. The third kappa shape index (κ3) is 4.60. The van der Waals surface area contributed by atoms with Gasteiger partial charge in [-0.25, -0.2) is 0 Å². The molecule has 0 radical (unpaired) electrons. The highest BCUT2D eigenvalue weighted by Gasteiger charge is 2.25. The van der Waals surface area contributed by atoms with Gasteiger partial charge in [0.15, 0.2) is 0 Å². The molecule has 1 fully saturated rings. The Bertz CT molecular complexity index is 470. The van der Waals surface area contributed by atoms with Gasteiger partial charge in [-0.15, -0.1) is 0 Å². The van der Waals surface area contributed by atoms with E-state index >= 15 is 0 Å². The highest BCUT2D eigenvalue weighted by Crippen LogP contribution is 2.34. The van der Waals surface area contributed by atoms with Crippen LogP contribution in [0.15, 0.2) is 18.2 Å². The normalized spacial score (nSPS) is 19.3. The van der Waals surface area contributed by atoms with Crippen LogP contribution in [0.3, 0.4) is 0 Å². The SMILES string of the molecule is COCC1CCN(c2c(Cl)cccc2CNC(C)(C)C)C1. The van der Waals surface area contributed by atoms with Crippen molar-refractivity contribution in [1.82, 2.24) is 5.32 Å². The Morgan fingerprint density at radius 2 is 2.14 bits per heavy atom. The first-order valence-electron chi connectivity index (χ1n) is 7.67. The fourth-order valence-electron chi connectivity index (χ4n) is 2.82. The van der Waals surface area contributed by atoms with Crippen LogP contribution in [-0.4, -0.2) is 32.3 Å². The van der Waals surface area contributed by atoms with Gasteiger partial charge in [-0.2, -0.15) is 0 Å². The van der Waals surface area contributed by atoms with Crippen molar-refractivity contribution in [2.75, 3.05) is 31.7 Å². The molecule has 21 heavy (non-hydrogen) atoms. The molecule has 0 spiro atoms. The van der Waals surface area contributed by atoms with Crippen LogP contribution in [0.1, 0.15) is 32.8 Å². The van der Waals surface area contributed by atoms with Gasteiger partial charge in [0.05, 0.1) is 17.3 Å². The predicted molar refractivity (Wildman–Crippen MR) is 90.2 cm³/mol. The Morgan fingerprint density at radius 3 is 2.81 bits per heavy atom. The molecular weight excluding hydrogens is 284 g/mol. The summed E-state index contributed by atoms with van der Waals surface area (Å²) in [4.78, 5) is 2.41. The van der Waals surface area contributed by atoms with Gasteiger partial charge in [-0.1, -0.05) is 23.7 Å². The van der Waals surface area contributed by atoms with E-state index in [1.807, 2.05) is 12.1 Å². The first-order chi connectivity index (χ1) is 9.90. The number of hydrogen-bond acceptors (Lipinski definition) is 3. The molecule has 1 aliphatic heterocycles. The molecule has 1 aromatic carbocycles. The maximum absolute atomic E-state index is 6.48. The molecule has 1 aliphatic rings. The van der Waals surface area contributed by atoms with Crippen molar-refractivity contribution in [3.63, 3.8) is 0 Å². The molecule has 0 aromatic heterocycles. The number of nitrogens with one attached hydrogen (secondary N) is 1. The van der Waals surface area contributed by atoms with Crippen LogP contribution in [0.5, 0.6) is 0 Å². The lowest BCUT2D eigenvalue weighted by Gasteiger charge is -2.26. The average molecular weight is 311 g/mol. The molecule has 0 amide bonds.